The lowest BCUT2D eigenvalue weighted by atomic mass is 9.99. The van der Waals surface area contributed by atoms with E-state index in [2.05, 4.69) is 5.32 Å². The van der Waals surface area contributed by atoms with Gasteiger partial charge in [0.2, 0.25) is 5.91 Å². The molecule has 5 nitrogen and oxygen atoms in total. The first kappa shape index (κ1) is 23.7. The number of fused-ring (bicyclic) bond motifs is 1. The molecule has 3 aromatic carbocycles. The van der Waals surface area contributed by atoms with Crippen molar-refractivity contribution in [2.45, 2.75) is 45.7 Å². The van der Waals surface area contributed by atoms with E-state index in [9.17, 15) is 9.59 Å². The number of amides is 2. The topological polar surface area (TPSA) is 61.8 Å². The fraction of sp³-hybridized carbons (Fsp3) is 0.250. The number of benzene rings is 3. The summed E-state index contributed by atoms with van der Waals surface area (Å²) in [6.07, 6.45) is 1.24. The van der Waals surface area contributed by atoms with Crippen LogP contribution in [0.5, 0.6) is 0 Å². The molecule has 0 aliphatic carbocycles. The minimum atomic E-state index is -0.704. The van der Waals surface area contributed by atoms with Gasteiger partial charge in [0.1, 0.15) is 12.1 Å². The van der Waals surface area contributed by atoms with Crippen LogP contribution < -0.4 is 10.2 Å². The van der Waals surface area contributed by atoms with Crippen LogP contribution in [0.4, 0.5) is 11.4 Å². The van der Waals surface area contributed by atoms with Gasteiger partial charge in [-0.2, -0.15) is 0 Å². The Labute approximate surface area is 205 Å². The smallest absolute Gasteiger partial charge is 0.252 e. The van der Waals surface area contributed by atoms with Gasteiger partial charge in [-0.05, 0) is 49.6 Å². The molecule has 4 rings (SSSR count). The number of carbonyl (C=O) groups excluding carboxylic acids is 2. The molecule has 0 saturated carbocycles. The molecule has 1 aliphatic heterocycles. The summed E-state index contributed by atoms with van der Waals surface area (Å²) in [5.74, 6) is -0.451. The number of rotatable bonds is 6. The van der Waals surface area contributed by atoms with Gasteiger partial charge >= 0.3 is 0 Å². The third-order valence-corrected chi connectivity index (χ3v) is 6.33. The number of halogens is 1. The van der Waals surface area contributed by atoms with Gasteiger partial charge in [-0.3, -0.25) is 19.5 Å². The summed E-state index contributed by atoms with van der Waals surface area (Å²) >= 11 is 6.38. The third kappa shape index (κ3) is 4.62. The number of aryl methyl sites for hydroxylation is 1. The Morgan fingerprint density at radius 2 is 1.76 bits per heavy atom. The van der Waals surface area contributed by atoms with E-state index in [1.807, 2.05) is 80.6 Å². The minimum Gasteiger partial charge on any atom is -0.324 e. The van der Waals surface area contributed by atoms with Crippen molar-refractivity contribution in [2.24, 2.45) is 4.99 Å². The van der Waals surface area contributed by atoms with E-state index < -0.39 is 12.1 Å². The quantitative estimate of drug-likeness (QED) is 0.485. The van der Waals surface area contributed by atoms with E-state index in [0.29, 0.717) is 22.8 Å². The van der Waals surface area contributed by atoms with E-state index in [1.165, 1.54) is 0 Å². The fourth-order valence-corrected chi connectivity index (χ4v) is 4.52. The number of anilines is 2. The van der Waals surface area contributed by atoms with Crippen LogP contribution in [0.25, 0.3) is 0 Å². The van der Waals surface area contributed by atoms with Crippen LogP contribution in [0.3, 0.4) is 0 Å². The Hall–Kier alpha value is -3.44. The molecule has 1 aliphatic rings. The molecule has 0 saturated heterocycles. The van der Waals surface area contributed by atoms with Gasteiger partial charge in [-0.15, -0.1) is 0 Å². The molecule has 0 bridgehead atoms. The normalized spacial score (nSPS) is 16.4. The van der Waals surface area contributed by atoms with Crippen molar-refractivity contribution in [1.82, 2.24) is 0 Å². The number of carbonyl (C=O) groups is 2. The number of para-hydroxylation sites is 1. The van der Waals surface area contributed by atoms with Crippen LogP contribution in [-0.4, -0.2) is 29.6 Å². The first-order valence-corrected chi connectivity index (χ1v) is 12.0. The number of hydrogen-bond donors (Lipinski definition) is 1. The van der Waals surface area contributed by atoms with Gasteiger partial charge in [0.25, 0.3) is 5.91 Å². The van der Waals surface area contributed by atoms with Crippen LogP contribution >= 0.6 is 11.6 Å². The minimum absolute atomic E-state index is 0.222. The van der Waals surface area contributed by atoms with Crippen LogP contribution in [-0.2, 0) is 16.0 Å². The number of hydrogen-bond acceptors (Lipinski definition) is 3. The number of nitrogens with zero attached hydrogens (tertiary/aromatic N) is 2. The zero-order chi connectivity index (χ0) is 24.2. The Morgan fingerprint density at radius 1 is 1.06 bits per heavy atom. The number of benzodiazepines with no additional fused rings is 1. The Kier molecular flexibility index (Phi) is 7.13. The molecule has 0 fully saturated rings. The van der Waals surface area contributed by atoms with E-state index in [-0.39, 0.29) is 11.8 Å². The van der Waals surface area contributed by atoms with E-state index in [4.69, 9.17) is 16.6 Å². The highest BCUT2D eigenvalue weighted by Gasteiger charge is 2.37. The highest BCUT2D eigenvalue weighted by atomic mass is 35.5. The second-order valence-corrected chi connectivity index (χ2v) is 8.75. The predicted octanol–water partition coefficient (Wildman–Crippen LogP) is 5.89. The van der Waals surface area contributed by atoms with Crippen LogP contribution in [0, 0.1) is 0 Å². The summed E-state index contributed by atoms with van der Waals surface area (Å²) in [4.78, 5) is 33.6. The summed E-state index contributed by atoms with van der Waals surface area (Å²) in [6.45, 7) is 5.72. The molecule has 34 heavy (non-hydrogen) atoms. The molecule has 3 aromatic rings. The number of aliphatic imine (C=N–C) groups is 1. The molecule has 0 radical (unpaired) electrons. The van der Waals surface area contributed by atoms with Crippen molar-refractivity contribution in [2.75, 3.05) is 10.2 Å². The van der Waals surface area contributed by atoms with Gasteiger partial charge in [-0.1, -0.05) is 74.0 Å². The second-order valence-electron chi connectivity index (χ2n) is 8.31. The Morgan fingerprint density at radius 3 is 2.47 bits per heavy atom. The standard InChI is InChI=1S/C28H28ClN3O2/c1-4-19-11-9-10-14-23(19)31-27(33)24(5-2)32-25-16-15-21(29)17-22(25)26(30-18(3)28(32)34)20-12-7-6-8-13-20/h6-18,24H,4-5H2,1-3H3,(H,31,33). The monoisotopic (exact) mass is 473 g/mol. The second kappa shape index (κ2) is 10.2. The van der Waals surface area contributed by atoms with Crippen molar-refractivity contribution in [3.05, 3.63) is 94.5 Å². The van der Waals surface area contributed by atoms with E-state index in [0.717, 1.165) is 28.8 Å². The molecule has 1 heterocycles. The van der Waals surface area contributed by atoms with Gasteiger partial charge in [0.05, 0.1) is 11.4 Å². The Bertz CT molecular complexity index is 1240. The van der Waals surface area contributed by atoms with Crippen molar-refractivity contribution in [3.63, 3.8) is 0 Å². The molecule has 2 unspecified atom stereocenters. The number of nitrogens with one attached hydrogen (secondary N) is 1. The highest BCUT2D eigenvalue weighted by molar-refractivity contribution is 6.32. The Balaban J connectivity index is 1.80. The molecule has 6 heteroatoms. The molecule has 2 amide bonds. The molecule has 0 spiro atoms. The van der Waals surface area contributed by atoms with Gasteiger partial charge in [0, 0.05) is 21.8 Å². The first-order chi connectivity index (χ1) is 16.4. The SMILES string of the molecule is CCc1ccccc1NC(=O)C(CC)N1C(=O)C(C)N=C(c2ccccc2)c2cc(Cl)ccc21. The maximum absolute atomic E-state index is 13.7. The van der Waals surface area contributed by atoms with Gasteiger partial charge in [-0.25, -0.2) is 0 Å². The lowest BCUT2D eigenvalue weighted by Crippen LogP contribution is -2.50. The highest BCUT2D eigenvalue weighted by Crippen LogP contribution is 2.33. The summed E-state index contributed by atoms with van der Waals surface area (Å²) in [6, 6.07) is 21.5. The molecular formula is C28H28ClN3O2. The van der Waals surface area contributed by atoms with Crippen LogP contribution in [0.2, 0.25) is 5.02 Å². The maximum Gasteiger partial charge on any atom is 0.252 e. The first-order valence-electron chi connectivity index (χ1n) is 11.6. The zero-order valence-electron chi connectivity index (χ0n) is 19.6. The molecule has 0 aromatic heterocycles. The molecular weight excluding hydrogens is 446 g/mol. The van der Waals surface area contributed by atoms with E-state index in [1.54, 1.807) is 17.9 Å². The van der Waals surface area contributed by atoms with Crippen LogP contribution in [0.15, 0.2) is 77.8 Å². The largest absolute Gasteiger partial charge is 0.324 e. The van der Waals surface area contributed by atoms with Crippen LogP contribution in [0.1, 0.15) is 43.9 Å². The van der Waals surface area contributed by atoms with Crippen molar-refractivity contribution >= 4 is 40.5 Å². The average molecular weight is 474 g/mol. The lowest BCUT2D eigenvalue weighted by molar-refractivity contribution is -0.124. The molecule has 174 valence electrons. The maximum atomic E-state index is 13.7. The molecule has 1 N–H and O–H groups in total. The van der Waals surface area contributed by atoms with Crippen molar-refractivity contribution in [3.8, 4) is 0 Å². The van der Waals surface area contributed by atoms with Crippen molar-refractivity contribution < 1.29 is 9.59 Å². The summed E-state index contributed by atoms with van der Waals surface area (Å²) in [7, 11) is 0. The lowest BCUT2D eigenvalue weighted by Gasteiger charge is -2.31. The molecule has 2 atom stereocenters. The average Bonchev–Trinajstić information content (AvgIpc) is 2.95. The third-order valence-electron chi connectivity index (χ3n) is 6.10. The van der Waals surface area contributed by atoms with Gasteiger partial charge < -0.3 is 5.32 Å². The zero-order valence-corrected chi connectivity index (χ0v) is 20.3. The van der Waals surface area contributed by atoms with Crippen molar-refractivity contribution in [1.29, 1.82) is 0 Å². The summed E-state index contributed by atoms with van der Waals surface area (Å²) < 4.78 is 0. The summed E-state index contributed by atoms with van der Waals surface area (Å²) in [5.41, 5.74) is 4.75. The summed E-state index contributed by atoms with van der Waals surface area (Å²) in [5, 5.41) is 3.59. The fourth-order valence-electron chi connectivity index (χ4n) is 4.35. The van der Waals surface area contributed by atoms with E-state index >= 15 is 0 Å². The predicted molar refractivity (Wildman–Crippen MR) is 139 cm³/mol. The van der Waals surface area contributed by atoms with Gasteiger partial charge in [0.15, 0.2) is 0 Å².